The first-order chi connectivity index (χ1) is 12.3. The van der Waals surface area contributed by atoms with Crippen molar-refractivity contribution in [1.29, 1.82) is 0 Å². The molecule has 0 bridgehead atoms. The van der Waals surface area contributed by atoms with E-state index in [4.69, 9.17) is 4.74 Å². The highest BCUT2D eigenvalue weighted by atomic mass is 16.5. The largest absolute Gasteiger partial charge is 0.494 e. The zero-order chi connectivity index (χ0) is 17.5. The number of pyridine rings is 1. The molecule has 2 aromatic carbocycles. The Labute approximate surface area is 150 Å². The van der Waals surface area contributed by atoms with Gasteiger partial charge >= 0.3 is 0 Å². The summed E-state index contributed by atoms with van der Waals surface area (Å²) in [6, 6.07) is 21.0. The minimum absolute atomic E-state index is 0.797. The van der Waals surface area contributed by atoms with Gasteiger partial charge in [-0.05, 0) is 48.2 Å². The minimum atomic E-state index is 0.797. The average Bonchev–Trinajstić information content (AvgIpc) is 2.67. The van der Waals surface area contributed by atoms with Crippen LogP contribution >= 0.6 is 0 Å². The summed E-state index contributed by atoms with van der Waals surface area (Å²) in [6.07, 6.45) is 5.46. The van der Waals surface area contributed by atoms with E-state index in [-0.39, 0.29) is 0 Å². The predicted octanol–water partition coefficient (Wildman–Crippen LogP) is 6.29. The molecule has 0 N–H and O–H groups in total. The highest BCUT2D eigenvalue weighted by Gasteiger charge is 2.02. The number of aryl methyl sites for hydroxylation is 1. The average molecular weight is 331 g/mol. The summed E-state index contributed by atoms with van der Waals surface area (Å²) in [4.78, 5) is 4.49. The van der Waals surface area contributed by atoms with Crippen molar-refractivity contribution in [2.75, 3.05) is 6.61 Å². The van der Waals surface area contributed by atoms with E-state index in [1.807, 2.05) is 6.20 Å². The Hall–Kier alpha value is -2.61. The number of ether oxygens (including phenoxy) is 1. The Morgan fingerprint density at radius 3 is 2.00 bits per heavy atom. The number of hydrogen-bond donors (Lipinski definition) is 0. The minimum Gasteiger partial charge on any atom is -0.494 e. The Bertz CT molecular complexity index is 774. The summed E-state index contributed by atoms with van der Waals surface area (Å²) in [6.45, 7) is 5.05. The molecule has 3 aromatic rings. The first kappa shape index (κ1) is 17.2. The molecule has 0 unspecified atom stereocenters. The molecule has 1 aromatic heterocycles. The lowest BCUT2D eigenvalue weighted by atomic mass is 10.0. The van der Waals surface area contributed by atoms with E-state index in [2.05, 4.69) is 79.5 Å². The van der Waals surface area contributed by atoms with Crippen molar-refractivity contribution in [3.8, 4) is 28.1 Å². The van der Waals surface area contributed by atoms with E-state index >= 15 is 0 Å². The summed E-state index contributed by atoms with van der Waals surface area (Å²) >= 11 is 0. The molecule has 1 heterocycles. The molecule has 0 amide bonds. The van der Waals surface area contributed by atoms with Crippen molar-refractivity contribution in [3.05, 3.63) is 72.4 Å². The van der Waals surface area contributed by atoms with E-state index in [0.29, 0.717) is 0 Å². The number of aromatic nitrogens is 1. The topological polar surface area (TPSA) is 22.1 Å². The Morgan fingerprint density at radius 1 is 0.760 bits per heavy atom. The summed E-state index contributed by atoms with van der Waals surface area (Å²) in [5.41, 5.74) is 5.72. The lowest BCUT2D eigenvalue weighted by Crippen LogP contribution is -1.96. The fourth-order valence-electron chi connectivity index (χ4n) is 2.76. The predicted molar refractivity (Wildman–Crippen MR) is 105 cm³/mol. The quantitative estimate of drug-likeness (QED) is 0.474. The smallest absolute Gasteiger partial charge is 0.119 e. The third kappa shape index (κ3) is 4.69. The lowest BCUT2D eigenvalue weighted by molar-refractivity contribution is 0.306. The normalized spacial score (nSPS) is 10.6. The molecule has 0 spiro atoms. The molecular formula is C23H25NO. The Kier molecular flexibility index (Phi) is 5.84. The van der Waals surface area contributed by atoms with Crippen LogP contribution in [0, 0.1) is 6.92 Å². The van der Waals surface area contributed by atoms with Crippen LogP contribution in [0.25, 0.3) is 22.4 Å². The van der Waals surface area contributed by atoms with Gasteiger partial charge in [-0.15, -0.1) is 0 Å². The van der Waals surface area contributed by atoms with Crippen LogP contribution in [0.1, 0.15) is 31.7 Å². The van der Waals surface area contributed by atoms with Crippen LogP contribution in [-0.2, 0) is 0 Å². The van der Waals surface area contributed by atoms with Gasteiger partial charge in [-0.3, -0.25) is 4.98 Å². The van der Waals surface area contributed by atoms with Crippen LogP contribution in [0.5, 0.6) is 5.75 Å². The second-order valence-corrected chi connectivity index (χ2v) is 6.38. The van der Waals surface area contributed by atoms with Gasteiger partial charge < -0.3 is 4.74 Å². The van der Waals surface area contributed by atoms with Gasteiger partial charge in [0, 0.05) is 11.8 Å². The number of nitrogens with zero attached hydrogens (tertiary/aromatic N) is 1. The molecular weight excluding hydrogens is 306 g/mol. The molecule has 25 heavy (non-hydrogen) atoms. The molecule has 3 rings (SSSR count). The second kappa shape index (κ2) is 8.48. The summed E-state index contributed by atoms with van der Waals surface area (Å²) < 4.78 is 5.78. The Balaban J connectivity index is 1.66. The van der Waals surface area contributed by atoms with Gasteiger partial charge in [0.25, 0.3) is 0 Å². The van der Waals surface area contributed by atoms with Gasteiger partial charge in [0.05, 0.1) is 12.3 Å². The van der Waals surface area contributed by atoms with E-state index in [9.17, 15) is 0 Å². The maximum Gasteiger partial charge on any atom is 0.119 e. The van der Waals surface area contributed by atoms with Crippen LogP contribution in [-0.4, -0.2) is 11.6 Å². The van der Waals surface area contributed by atoms with Crippen molar-refractivity contribution >= 4 is 0 Å². The number of rotatable bonds is 7. The van der Waals surface area contributed by atoms with Crippen molar-refractivity contribution in [2.45, 2.75) is 33.1 Å². The van der Waals surface area contributed by atoms with Gasteiger partial charge in [-0.1, -0.05) is 62.2 Å². The summed E-state index contributed by atoms with van der Waals surface area (Å²) in [5.74, 6) is 0.945. The van der Waals surface area contributed by atoms with Gasteiger partial charge in [0.15, 0.2) is 0 Å². The van der Waals surface area contributed by atoms with Crippen molar-refractivity contribution in [3.63, 3.8) is 0 Å². The van der Waals surface area contributed by atoms with E-state index in [1.54, 1.807) is 0 Å². The SMILES string of the molecule is CCCCCOc1ccc(-c2ccc(-c3ccc(C)cn3)cc2)cc1. The van der Waals surface area contributed by atoms with Crippen molar-refractivity contribution < 1.29 is 4.74 Å². The zero-order valence-electron chi connectivity index (χ0n) is 15.0. The fraction of sp³-hybridized carbons (Fsp3) is 0.261. The molecule has 0 fully saturated rings. The number of unbranched alkanes of at least 4 members (excludes halogenated alkanes) is 2. The number of benzene rings is 2. The Morgan fingerprint density at radius 2 is 1.40 bits per heavy atom. The fourth-order valence-corrected chi connectivity index (χ4v) is 2.76. The molecule has 0 aliphatic rings. The van der Waals surface area contributed by atoms with Crippen LogP contribution in [0.15, 0.2) is 66.9 Å². The molecule has 0 saturated heterocycles. The van der Waals surface area contributed by atoms with Gasteiger partial charge in [-0.25, -0.2) is 0 Å². The third-order valence-electron chi connectivity index (χ3n) is 4.30. The van der Waals surface area contributed by atoms with Gasteiger partial charge in [-0.2, -0.15) is 0 Å². The molecule has 0 atom stereocenters. The molecule has 128 valence electrons. The maximum atomic E-state index is 5.78. The van der Waals surface area contributed by atoms with Crippen molar-refractivity contribution in [1.82, 2.24) is 4.98 Å². The molecule has 2 nitrogen and oxygen atoms in total. The molecule has 0 radical (unpaired) electrons. The molecule has 2 heteroatoms. The van der Waals surface area contributed by atoms with Crippen LogP contribution < -0.4 is 4.74 Å². The first-order valence-corrected chi connectivity index (χ1v) is 9.02. The van der Waals surface area contributed by atoms with Gasteiger partial charge in [0.1, 0.15) is 5.75 Å². The summed E-state index contributed by atoms with van der Waals surface area (Å²) in [7, 11) is 0. The van der Waals surface area contributed by atoms with E-state index < -0.39 is 0 Å². The van der Waals surface area contributed by atoms with E-state index in [0.717, 1.165) is 30.0 Å². The summed E-state index contributed by atoms with van der Waals surface area (Å²) in [5, 5.41) is 0. The first-order valence-electron chi connectivity index (χ1n) is 9.02. The maximum absolute atomic E-state index is 5.78. The monoisotopic (exact) mass is 331 g/mol. The van der Waals surface area contributed by atoms with Crippen molar-refractivity contribution in [2.24, 2.45) is 0 Å². The molecule has 0 aliphatic carbocycles. The van der Waals surface area contributed by atoms with E-state index in [1.165, 1.54) is 29.5 Å². The molecule has 0 aliphatic heterocycles. The highest BCUT2D eigenvalue weighted by molar-refractivity contribution is 5.69. The van der Waals surface area contributed by atoms with Crippen LogP contribution in [0.3, 0.4) is 0 Å². The zero-order valence-corrected chi connectivity index (χ0v) is 15.0. The van der Waals surface area contributed by atoms with Gasteiger partial charge in [0.2, 0.25) is 0 Å². The highest BCUT2D eigenvalue weighted by Crippen LogP contribution is 2.25. The standard InChI is InChI=1S/C23H25NO/c1-3-4-5-16-25-22-13-11-20(12-14-22)19-7-9-21(10-8-19)23-15-6-18(2)17-24-23/h6-15,17H,3-5,16H2,1-2H3. The van der Waals surface area contributed by atoms with Crippen LogP contribution in [0.2, 0.25) is 0 Å². The van der Waals surface area contributed by atoms with Crippen LogP contribution in [0.4, 0.5) is 0 Å². The number of hydrogen-bond acceptors (Lipinski definition) is 2. The second-order valence-electron chi connectivity index (χ2n) is 6.38. The molecule has 0 saturated carbocycles. The third-order valence-corrected chi connectivity index (χ3v) is 4.30. The lowest BCUT2D eigenvalue weighted by Gasteiger charge is -2.08.